The van der Waals surface area contributed by atoms with E-state index < -0.39 is 12.8 Å². The van der Waals surface area contributed by atoms with Crippen LogP contribution in [0, 0.1) is 0 Å². The Hall–Kier alpha value is -0.370. The third-order valence-corrected chi connectivity index (χ3v) is 2.77. The van der Waals surface area contributed by atoms with Crippen molar-refractivity contribution in [2.24, 2.45) is 0 Å². The van der Waals surface area contributed by atoms with E-state index in [1.165, 1.54) is 0 Å². The molecule has 0 aromatic carbocycles. The summed E-state index contributed by atoms with van der Waals surface area (Å²) in [5, 5.41) is 3.22. The third kappa shape index (κ3) is 6.53. The molecule has 0 aromatic rings. The fourth-order valence-electron chi connectivity index (χ4n) is 1.85. The van der Waals surface area contributed by atoms with Crippen LogP contribution in [0.1, 0.15) is 6.92 Å². The predicted molar refractivity (Wildman–Crippen MR) is 61.6 cm³/mol. The summed E-state index contributed by atoms with van der Waals surface area (Å²) >= 11 is 0. The van der Waals surface area contributed by atoms with Gasteiger partial charge in [0.05, 0.1) is 19.8 Å². The van der Waals surface area contributed by atoms with Crippen LogP contribution in [-0.4, -0.2) is 69.7 Å². The van der Waals surface area contributed by atoms with E-state index >= 15 is 0 Å². The standard InChI is InChI=1S/C11H21F3N2O2/c1-2-15-7-10-8-17-5-3-16(10)4-6-18-9-11(12,13)14/h10,15H,2-9H2,1H3. The summed E-state index contributed by atoms with van der Waals surface area (Å²) in [6.45, 7) is 5.09. The number of hydrogen-bond donors (Lipinski definition) is 1. The molecule has 0 aliphatic carbocycles. The van der Waals surface area contributed by atoms with Gasteiger partial charge in [-0.2, -0.15) is 13.2 Å². The number of nitrogens with one attached hydrogen (secondary N) is 1. The number of morpholine rings is 1. The number of likely N-dealkylation sites (N-methyl/N-ethyl adjacent to an activating group) is 1. The van der Waals surface area contributed by atoms with Crippen LogP contribution >= 0.6 is 0 Å². The zero-order valence-electron chi connectivity index (χ0n) is 10.6. The maximum absolute atomic E-state index is 11.9. The summed E-state index contributed by atoms with van der Waals surface area (Å²) in [5.74, 6) is 0. The molecule has 0 spiro atoms. The van der Waals surface area contributed by atoms with Gasteiger partial charge in [0, 0.05) is 25.7 Å². The van der Waals surface area contributed by atoms with Crippen molar-refractivity contribution in [1.82, 2.24) is 10.2 Å². The van der Waals surface area contributed by atoms with Crippen molar-refractivity contribution in [3.8, 4) is 0 Å². The van der Waals surface area contributed by atoms with E-state index in [0.29, 0.717) is 19.8 Å². The van der Waals surface area contributed by atoms with Crippen molar-refractivity contribution < 1.29 is 22.6 Å². The zero-order chi connectivity index (χ0) is 13.4. The van der Waals surface area contributed by atoms with Gasteiger partial charge >= 0.3 is 6.18 Å². The van der Waals surface area contributed by atoms with Crippen LogP contribution in [-0.2, 0) is 9.47 Å². The highest BCUT2D eigenvalue weighted by molar-refractivity contribution is 4.77. The smallest absolute Gasteiger partial charge is 0.378 e. The van der Waals surface area contributed by atoms with E-state index in [1.807, 2.05) is 6.92 Å². The maximum atomic E-state index is 11.9. The Morgan fingerprint density at radius 2 is 2.22 bits per heavy atom. The normalized spacial score (nSPS) is 22.3. The van der Waals surface area contributed by atoms with Crippen molar-refractivity contribution >= 4 is 0 Å². The number of rotatable bonds is 7. The van der Waals surface area contributed by atoms with Gasteiger partial charge in [-0.25, -0.2) is 0 Å². The van der Waals surface area contributed by atoms with Gasteiger partial charge in [0.15, 0.2) is 0 Å². The summed E-state index contributed by atoms with van der Waals surface area (Å²) in [7, 11) is 0. The number of hydrogen-bond acceptors (Lipinski definition) is 4. The quantitative estimate of drug-likeness (QED) is 0.696. The third-order valence-electron chi connectivity index (χ3n) is 2.77. The first-order valence-electron chi connectivity index (χ1n) is 6.20. The summed E-state index contributed by atoms with van der Waals surface area (Å²) in [6, 6.07) is 0.216. The van der Waals surface area contributed by atoms with Crippen LogP contribution in [0.15, 0.2) is 0 Å². The highest BCUT2D eigenvalue weighted by Crippen LogP contribution is 2.14. The molecule has 0 bridgehead atoms. The van der Waals surface area contributed by atoms with Crippen LogP contribution in [0.25, 0.3) is 0 Å². The molecule has 18 heavy (non-hydrogen) atoms. The second-order valence-electron chi connectivity index (χ2n) is 4.24. The maximum Gasteiger partial charge on any atom is 0.411 e. The van der Waals surface area contributed by atoms with Crippen LogP contribution in [0.3, 0.4) is 0 Å². The molecule has 1 aliphatic rings. The molecule has 0 aromatic heterocycles. The molecule has 1 rings (SSSR count). The molecule has 1 aliphatic heterocycles. The van der Waals surface area contributed by atoms with Crippen LogP contribution in [0.2, 0.25) is 0 Å². The largest absolute Gasteiger partial charge is 0.411 e. The summed E-state index contributed by atoms with van der Waals surface area (Å²) in [6.07, 6.45) is -4.24. The molecular formula is C11H21F3N2O2. The average Bonchev–Trinajstić information content (AvgIpc) is 2.32. The monoisotopic (exact) mass is 270 g/mol. The molecule has 1 saturated heterocycles. The van der Waals surface area contributed by atoms with Crippen LogP contribution in [0.4, 0.5) is 13.2 Å². The molecule has 7 heteroatoms. The van der Waals surface area contributed by atoms with E-state index in [-0.39, 0.29) is 12.6 Å². The Morgan fingerprint density at radius 3 is 2.89 bits per heavy atom. The number of ether oxygens (including phenoxy) is 2. The minimum atomic E-state index is -4.24. The molecule has 0 saturated carbocycles. The molecule has 4 nitrogen and oxygen atoms in total. The van der Waals surface area contributed by atoms with Gasteiger partial charge in [-0.1, -0.05) is 6.92 Å². The molecule has 1 unspecified atom stereocenters. The lowest BCUT2D eigenvalue weighted by molar-refractivity contribution is -0.175. The van der Waals surface area contributed by atoms with Crippen molar-refractivity contribution in [3.63, 3.8) is 0 Å². The Kier molecular flexibility index (Phi) is 6.91. The molecule has 1 fully saturated rings. The lowest BCUT2D eigenvalue weighted by atomic mass is 10.2. The Balaban J connectivity index is 2.20. The van der Waals surface area contributed by atoms with Gasteiger partial charge < -0.3 is 14.8 Å². The van der Waals surface area contributed by atoms with E-state index in [9.17, 15) is 13.2 Å². The van der Waals surface area contributed by atoms with Gasteiger partial charge in [-0.15, -0.1) is 0 Å². The lowest BCUT2D eigenvalue weighted by Crippen LogP contribution is -2.51. The SMILES string of the molecule is CCNCC1COCCN1CCOCC(F)(F)F. The predicted octanol–water partition coefficient (Wildman–Crippen LogP) is 0.876. The molecule has 1 atom stereocenters. The first kappa shape index (κ1) is 15.7. The molecule has 108 valence electrons. The Labute approximate surface area is 105 Å². The van der Waals surface area contributed by atoms with E-state index in [4.69, 9.17) is 4.74 Å². The van der Waals surface area contributed by atoms with Gasteiger partial charge in [-0.05, 0) is 6.54 Å². The molecule has 1 heterocycles. The molecule has 0 amide bonds. The topological polar surface area (TPSA) is 33.7 Å². The number of alkyl halides is 3. The minimum Gasteiger partial charge on any atom is -0.378 e. The number of nitrogens with zero attached hydrogens (tertiary/aromatic N) is 1. The second-order valence-corrected chi connectivity index (χ2v) is 4.24. The lowest BCUT2D eigenvalue weighted by Gasteiger charge is -2.35. The Bertz CT molecular complexity index is 227. The van der Waals surface area contributed by atoms with Gasteiger partial charge in [0.2, 0.25) is 0 Å². The first-order chi connectivity index (χ1) is 8.53. The van der Waals surface area contributed by atoms with Crippen LogP contribution < -0.4 is 5.32 Å². The van der Waals surface area contributed by atoms with Crippen molar-refractivity contribution in [3.05, 3.63) is 0 Å². The molecule has 0 radical (unpaired) electrons. The average molecular weight is 270 g/mol. The minimum absolute atomic E-state index is 0.0993. The van der Waals surface area contributed by atoms with E-state index in [1.54, 1.807) is 0 Å². The first-order valence-corrected chi connectivity index (χ1v) is 6.20. The summed E-state index contributed by atoms with van der Waals surface area (Å²) < 4.78 is 45.7. The Morgan fingerprint density at radius 1 is 1.44 bits per heavy atom. The molecule has 1 N–H and O–H groups in total. The fourth-order valence-corrected chi connectivity index (χ4v) is 1.85. The van der Waals surface area contributed by atoms with Gasteiger partial charge in [-0.3, -0.25) is 4.90 Å². The number of halogens is 3. The summed E-state index contributed by atoms with van der Waals surface area (Å²) in [4.78, 5) is 2.11. The van der Waals surface area contributed by atoms with Crippen molar-refractivity contribution in [2.45, 2.75) is 19.1 Å². The van der Waals surface area contributed by atoms with Crippen molar-refractivity contribution in [1.29, 1.82) is 0 Å². The zero-order valence-corrected chi connectivity index (χ0v) is 10.6. The second kappa shape index (κ2) is 7.93. The fraction of sp³-hybridized carbons (Fsp3) is 1.00. The highest BCUT2D eigenvalue weighted by Gasteiger charge is 2.28. The van der Waals surface area contributed by atoms with Crippen molar-refractivity contribution in [2.75, 3.05) is 52.6 Å². The van der Waals surface area contributed by atoms with Crippen LogP contribution in [0.5, 0.6) is 0 Å². The van der Waals surface area contributed by atoms with Gasteiger partial charge in [0.1, 0.15) is 6.61 Å². The van der Waals surface area contributed by atoms with Gasteiger partial charge in [0.25, 0.3) is 0 Å². The summed E-state index contributed by atoms with van der Waals surface area (Å²) in [5.41, 5.74) is 0. The molecular weight excluding hydrogens is 249 g/mol. The van der Waals surface area contributed by atoms with E-state index in [2.05, 4.69) is 15.0 Å². The van der Waals surface area contributed by atoms with E-state index in [0.717, 1.165) is 19.6 Å². The highest BCUT2D eigenvalue weighted by atomic mass is 19.4.